The van der Waals surface area contributed by atoms with Gasteiger partial charge in [-0.25, -0.2) is 4.79 Å². The van der Waals surface area contributed by atoms with Crippen LogP contribution in [-0.4, -0.2) is 42.1 Å². The molecule has 0 unspecified atom stereocenters. The highest BCUT2D eigenvalue weighted by Crippen LogP contribution is 2.30. The molecule has 1 aromatic carbocycles. The third-order valence-electron chi connectivity index (χ3n) is 5.10. The molecule has 0 saturated carbocycles. The van der Waals surface area contributed by atoms with E-state index in [1.807, 2.05) is 31.3 Å². The first-order valence-corrected chi connectivity index (χ1v) is 9.94. The summed E-state index contributed by atoms with van der Waals surface area (Å²) >= 11 is 0. The molecule has 1 atom stereocenters. The number of rotatable bonds is 7. The van der Waals surface area contributed by atoms with Crippen LogP contribution in [0.25, 0.3) is 0 Å². The van der Waals surface area contributed by atoms with E-state index in [2.05, 4.69) is 40.5 Å². The van der Waals surface area contributed by atoms with Gasteiger partial charge in [0.15, 0.2) is 0 Å². The lowest BCUT2D eigenvalue weighted by Gasteiger charge is -2.21. The van der Waals surface area contributed by atoms with E-state index >= 15 is 0 Å². The lowest BCUT2D eigenvalue weighted by atomic mass is 10.1. The van der Waals surface area contributed by atoms with E-state index in [9.17, 15) is 4.79 Å². The van der Waals surface area contributed by atoms with Gasteiger partial charge in [0.2, 0.25) is 0 Å². The van der Waals surface area contributed by atoms with Crippen molar-refractivity contribution < 1.29 is 9.53 Å². The lowest BCUT2D eigenvalue weighted by molar-refractivity contribution is 0.249. The number of nitrogens with one attached hydrogen (secondary N) is 2. The molecule has 2 heterocycles. The van der Waals surface area contributed by atoms with Gasteiger partial charge in [-0.1, -0.05) is 26.0 Å². The minimum atomic E-state index is -0.190. The number of methoxy groups -OCH3 is 1. The maximum absolute atomic E-state index is 12.5. The number of aryl methyl sites for hydroxylation is 2. The summed E-state index contributed by atoms with van der Waals surface area (Å²) in [6.45, 7) is 6.05. The quantitative estimate of drug-likeness (QED) is 0.766. The largest absolute Gasteiger partial charge is 0.495 e. The Labute approximate surface area is 167 Å². The summed E-state index contributed by atoms with van der Waals surface area (Å²) in [6, 6.07) is 9.84. The highest BCUT2D eigenvalue weighted by molar-refractivity contribution is 5.88. The molecule has 1 aliphatic rings. The predicted molar refractivity (Wildman–Crippen MR) is 112 cm³/mol. The minimum Gasteiger partial charge on any atom is -0.495 e. The van der Waals surface area contributed by atoms with Crippen molar-refractivity contribution >= 4 is 17.5 Å². The molecule has 152 valence electrons. The molecule has 0 bridgehead atoms. The first-order valence-electron chi connectivity index (χ1n) is 9.94. The highest BCUT2D eigenvalue weighted by Gasteiger charge is 2.26. The number of hydrogen-bond acceptors (Lipinski definition) is 4. The van der Waals surface area contributed by atoms with Crippen LogP contribution in [0.2, 0.25) is 0 Å². The van der Waals surface area contributed by atoms with Gasteiger partial charge in [-0.15, -0.1) is 0 Å². The number of anilines is 2. The Balaban J connectivity index is 1.53. The molecular weight excluding hydrogens is 354 g/mol. The normalized spacial score (nSPS) is 16.5. The number of carbonyl (C=O) groups excluding carboxylic acids is 1. The van der Waals surface area contributed by atoms with Crippen molar-refractivity contribution in [2.75, 3.05) is 30.4 Å². The average molecular weight is 386 g/mol. The van der Waals surface area contributed by atoms with Crippen molar-refractivity contribution in [3.05, 3.63) is 36.0 Å². The van der Waals surface area contributed by atoms with Crippen molar-refractivity contribution in [3.8, 4) is 5.75 Å². The fourth-order valence-corrected chi connectivity index (χ4v) is 3.53. The van der Waals surface area contributed by atoms with Crippen LogP contribution in [0.15, 0.2) is 30.3 Å². The second kappa shape index (κ2) is 8.99. The summed E-state index contributed by atoms with van der Waals surface area (Å²) in [5, 5.41) is 10.5. The Morgan fingerprint density at radius 2 is 2.14 bits per heavy atom. The molecule has 1 fully saturated rings. The van der Waals surface area contributed by atoms with Gasteiger partial charge in [-0.3, -0.25) is 10.00 Å². The van der Waals surface area contributed by atoms with Crippen LogP contribution in [0.4, 0.5) is 16.3 Å². The zero-order valence-electron chi connectivity index (χ0n) is 17.2. The van der Waals surface area contributed by atoms with Crippen LogP contribution in [0.3, 0.4) is 0 Å². The summed E-state index contributed by atoms with van der Waals surface area (Å²) in [6.07, 6.45) is 2.91. The van der Waals surface area contributed by atoms with Crippen LogP contribution in [0.1, 0.15) is 32.4 Å². The van der Waals surface area contributed by atoms with E-state index in [0.717, 1.165) is 55.3 Å². The van der Waals surface area contributed by atoms with Crippen LogP contribution < -0.4 is 20.3 Å². The van der Waals surface area contributed by atoms with Crippen LogP contribution in [0.5, 0.6) is 5.75 Å². The van der Waals surface area contributed by atoms with E-state index in [0.29, 0.717) is 5.92 Å². The number of ether oxygens (including phenoxy) is 1. The number of para-hydroxylation sites is 2. The Bertz CT molecular complexity index is 802. The summed E-state index contributed by atoms with van der Waals surface area (Å²) < 4.78 is 7.18. The SMILES string of the molecule is COc1ccccc1N1CC[C@H](NC(=O)Nc2cc(CCC(C)C)nn2C)C1. The molecule has 1 aliphatic heterocycles. The van der Waals surface area contributed by atoms with E-state index in [-0.39, 0.29) is 12.1 Å². The van der Waals surface area contributed by atoms with Crippen molar-refractivity contribution in [3.63, 3.8) is 0 Å². The summed E-state index contributed by atoms with van der Waals surface area (Å²) in [7, 11) is 3.54. The van der Waals surface area contributed by atoms with Crippen molar-refractivity contribution in [2.45, 2.75) is 39.2 Å². The second-order valence-electron chi connectivity index (χ2n) is 7.78. The van der Waals surface area contributed by atoms with Gasteiger partial charge >= 0.3 is 6.03 Å². The molecule has 7 heteroatoms. The van der Waals surface area contributed by atoms with Gasteiger partial charge in [0, 0.05) is 32.2 Å². The molecule has 3 rings (SSSR count). The van der Waals surface area contributed by atoms with Crippen LogP contribution in [-0.2, 0) is 13.5 Å². The third kappa shape index (κ3) is 4.97. The van der Waals surface area contributed by atoms with Gasteiger partial charge in [0.1, 0.15) is 11.6 Å². The van der Waals surface area contributed by atoms with E-state index in [1.165, 1.54) is 0 Å². The van der Waals surface area contributed by atoms with Crippen LogP contribution in [0, 0.1) is 5.92 Å². The van der Waals surface area contributed by atoms with Gasteiger partial charge in [0.25, 0.3) is 0 Å². The summed E-state index contributed by atoms with van der Waals surface area (Å²) in [5.74, 6) is 2.21. The van der Waals surface area contributed by atoms with E-state index < -0.39 is 0 Å². The zero-order valence-corrected chi connectivity index (χ0v) is 17.2. The van der Waals surface area contributed by atoms with Crippen molar-refractivity contribution in [1.82, 2.24) is 15.1 Å². The first-order chi connectivity index (χ1) is 13.5. The fraction of sp³-hybridized carbons (Fsp3) is 0.524. The molecule has 1 saturated heterocycles. The smallest absolute Gasteiger partial charge is 0.320 e. The number of benzene rings is 1. The first kappa shape index (κ1) is 20.0. The number of urea groups is 1. The Kier molecular flexibility index (Phi) is 6.44. The maximum atomic E-state index is 12.5. The standard InChI is InChI=1S/C21H31N5O2/c1-15(2)9-10-16-13-20(25(3)24-16)23-21(27)22-17-11-12-26(14-17)18-7-5-6-8-19(18)28-4/h5-8,13,15,17H,9-12,14H2,1-4H3,(H2,22,23,27)/t17-/m0/s1. The summed E-state index contributed by atoms with van der Waals surface area (Å²) in [4.78, 5) is 14.7. The molecule has 7 nitrogen and oxygen atoms in total. The molecule has 1 aromatic heterocycles. The zero-order chi connectivity index (χ0) is 20.1. The topological polar surface area (TPSA) is 71.4 Å². The number of carbonyl (C=O) groups is 1. The van der Waals surface area contributed by atoms with E-state index in [1.54, 1.807) is 11.8 Å². The van der Waals surface area contributed by atoms with Crippen LogP contribution >= 0.6 is 0 Å². The van der Waals surface area contributed by atoms with Gasteiger partial charge in [0.05, 0.1) is 18.5 Å². The summed E-state index contributed by atoms with van der Waals surface area (Å²) in [5.41, 5.74) is 2.07. The predicted octanol–water partition coefficient (Wildman–Crippen LogP) is 3.42. The molecule has 0 aliphatic carbocycles. The number of aromatic nitrogens is 2. The van der Waals surface area contributed by atoms with Gasteiger partial charge < -0.3 is 15.0 Å². The van der Waals surface area contributed by atoms with Crippen molar-refractivity contribution in [1.29, 1.82) is 0 Å². The van der Waals surface area contributed by atoms with Gasteiger partial charge in [-0.05, 0) is 37.3 Å². The number of hydrogen-bond donors (Lipinski definition) is 2. The minimum absolute atomic E-state index is 0.0959. The molecule has 28 heavy (non-hydrogen) atoms. The van der Waals surface area contributed by atoms with Crippen molar-refractivity contribution in [2.24, 2.45) is 13.0 Å². The monoisotopic (exact) mass is 385 g/mol. The molecular formula is C21H31N5O2. The molecule has 0 radical (unpaired) electrons. The average Bonchev–Trinajstić information content (AvgIpc) is 3.26. The number of nitrogens with zero attached hydrogens (tertiary/aromatic N) is 3. The molecule has 2 aromatic rings. The molecule has 2 N–H and O–H groups in total. The van der Waals surface area contributed by atoms with Gasteiger partial charge in [-0.2, -0.15) is 5.10 Å². The lowest BCUT2D eigenvalue weighted by Crippen LogP contribution is -2.40. The molecule has 2 amide bonds. The Morgan fingerprint density at radius 3 is 2.89 bits per heavy atom. The second-order valence-corrected chi connectivity index (χ2v) is 7.78. The molecule has 0 spiro atoms. The highest BCUT2D eigenvalue weighted by atomic mass is 16.5. The fourth-order valence-electron chi connectivity index (χ4n) is 3.53. The number of amides is 2. The Morgan fingerprint density at radius 1 is 1.36 bits per heavy atom. The third-order valence-corrected chi connectivity index (χ3v) is 5.10. The Hall–Kier alpha value is -2.70. The maximum Gasteiger partial charge on any atom is 0.320 e. The van der Waals surface area contributed by atoms with E-state index in [4.69, 9.17) is 4.74 Å².